The Balaban J connectivity index is 2.08. The molecule has 4 heteroatoms. The molecule has 0 amide bonds. The molecule has 0 saturated carbocycles. The summed E-state index contributed by atoms with van der Waals surface area (Å²) in [6.07, 6.45) is 2.74. The summed E-state index contributed by atoms with van der Waals surface area (Å²) < 4.78 is 5.78. The summed E-state index contributed by atoms with van der Waals surface area (Å²) in [5.41, 5.74) is 8.57. The van der Waals surface area contributed by atoms with Crippen LogP contribution in [0.3, 0.4) is 0 Å². The van der Waals surface area contributed by atoms with Crippen LogP contribution < -0.4 is 10.6 Å². The number of nitrogens with zero attached hydrogens (tertiary/aromatic N) is 2. The third-order valence-corrected chi connectivity index (χ3v) is 4.33. The molecule has 1 aliphatic heterocycles. The van der Waals surface area contributed by atoms with Crippen LogP contribution >= 0.6 is 0 Å². The zero-order valence-corrected chi connectivity index (χ0v) is 13.6. The van der Waals surface area contributed by atoms with Gasteiger partial charge < -0.3 is 15.4 Å². The van der Waals surface area contributed by atoms with E-state index in [0.717, 1.165) is 19.7 Å². The van der Waals surface area contributed by atoms with Crippen molar-refractivity contribution in [1.82, 2.24) is 4.90 Å². The Kier molecular flexibility index (Phi) is 6.03. The van der Waals surface area contributed by atoms with E-state index < -0.39 is 0 Å². The van der Waals surface area contributed by atoms with Crippen molar-refractivity contribution in [2.75, 3.05) is 45.2 Å². The average Bonchev–Trinajstić information content (AvgIpc) is 3.00. The van der Waals surface area contributed by atoms with E-state index in [1.807, 2.05) is 0 Å². The predicted octanol–water partition coefficient (Wildman–Crippen LogP) is 2.25. The van der Waals surface area contributed by atoms with Gasteiger partial charge in [-0.15, -0.1) is 0 Å². The van der Waals surface area contributed by atoms with Gasteiger partial charge in [0, 0.05) is 45.5 Å². The largest absolute Gasteiger partial charge is 0.378 e. The Morgan fingerprint density at radius 2 is 2.00 bits per heavy atom. The molecule has 0 bridgehead atoms. The van der Waals surface area contributed by atoms with Crippen molar-refractivity contribution in [3.05, 3.63) is 29.8 Å². The maximum absolute atomic E-state index is 6.06. The number of benzene rings is 1. The van der Waals surface area contributed by atoms with Crippen LogP contribution in [0, 0.1) is 0 Å². The van der Waals surface area contributed by atoms with Gasteiger partial charge in [0.2, 0.25) is 0 Å². The summed E-state index contributed by atoms with van der Waals surface area (Å²) in [5, 5.41) is 0. The summed E-state index contributed by atoms with van der Waals surface area (Å²) in [6.45, 7) is 5.73. The van der Waals surface area contributed by atoms with Crippen molar-refractivity contribution in [2.45, 2.75) is 31.9 Å². The van der Waals surface area contributed by atoms with Crippen molar-refractivity contribution in [2.24, 2.45) is 5.73 Å². The number of ether oxygens (including phenoxy) is 1. The average molecular weight is 291 g/mol. The quantitative estimate of drug-likeness (QED) is 0.836. The van der Waals surface area contributed by atoms with Gasteiger partial charge in [0.15, 0.2) is 0 Å². The van der Waals surface area contributed by atoms with E-state index in [-0.39, 0.29) is 6.04 Å². The molecule has 4 nitrogen and oxygen atoms in total. The maximum Gasteiger partial charge on any atom is 0.0703 e. The second-order valence-electron chi connectivity index (χ2n) is 5.96. The lowest BCUT2D eigenvalue weighted by atomic mass is 10.0. The van der Waals surface area contributed by atoms with E-state index in [4.69, 9.17) is 10.5 Å². The molecule has 1 saturated heterocycles. The first-order chi connectivity index (χ1) is 10.2. The topological polar surface area (TPSA) is 41.7 Å². The number of rotatable bonds is 7. The van der Waals surface area contributed by atoms with Crippen LogP contribution in [-0.2, 0) is 4.74 Å². The Labute approximate surface area is 128 Å². The van der Waals surface area contributed by atoms with E-state index in [1.165, 1.54) is 24.1 Å². The van der Waals surface area contributed by atoms with Crippen LogP contribution in [0.2, 0.25) is 0 Å². The summed E-state index contributed by atoms with van der Waals surface area (Å²) >= 11 is 0. The highest BCUT2D eigenvalue weighted by molar-refractivity contribution is 5.46. The zero-order valence-electron chi connectivity index (χ0n) is 13.6. The minimum absolute atomic E-state index is 0.274. The van der Waals surface area contributed by atoms with E-state index in [1.54, 1.807) is 0 Å². The van der Waals surface area contributed by atoms with Crippen molar-refractivity contribution >= 4 is 5.69 Å². The normalized spacial score (nSPS) is 20.0. The van der Waals surface area contributed by atoms with E-state index in [2.05, 4.69) is 55.1 Å². The van der Waals surface area contributed by atoms with E-state index in [0.29, 0.717) is 12.6 Å². The third-order valence-electron chi connectivity index (χ3n) is 4.33. The standard InChI is InChI=1S/C17H29N3O/c1-4-20(13-16-6-5-11-21-16)17(12-18)14-7-9-15(10-8-14)19(2)3/h7-10,16-17H,4-6,11-13,18H2,1-3H3. The van der Waals surface area contributed by atoms with Gasteiger partial charge in [-0.1, -0.05) is 19.1 Å². The van der Waals surface area contributed by atoms with Crippen molar-refractivity contribution in [3.63, 3.8) is 0 Å². The molecular weight excluding hydrogens is 262 g/mol. The minimum atomic E-state index is 0.274. The second kappa shape index (κ2) is 7.78. The third kappa shape index (κ3) is 4.19. The number of hydrogen-bond acceptors (Lipinski definition) is 4. The summed E-state index contributed by atoms with van der Waals surface area (Å²) in [6, 6.07) is 9.00. The van der Waals surface area contributed by atoms with E-state index in [9.17, 15) is 0 Å². The highest BCUT2D eigenvalue weighted by Crippen LogP contribution is 2.24. The lowest BCUT2D eigenvalue weighted by Gasteiger charge is -2.32. The molecule has 1 fully saturated rings. The van der Waals surface area contributed by atoms with Crippen molar-refractivity contribution in [1.29, 1.82) is 0 Å². The van der Waals surface area contributed by atoms with Crippen LogP contribution in [0.15, 0.2) is 24.3 Å². The fraction of sp³-hybridized carbons (Fsp3) is 0.647. The molecule has 0 radical (unpaired) electrons. The Hall–Kier alpha value is -1.10. The predicted molar refractivity (Wildman–Crippen MR) is 88.8 cm³/mol. The molecule has 0 aliphatic carbocycles. The van der Waals surface area contributed by atoms with Gasteiger partial charge >= 0.3 is 0 Å². The smallest absolute Gasteiger partial charge is 0.0703 e. The van der Waals surface area contributed by atoms with Gasteiger partial charge in [0.05, 0.1) is 6.10 Å². The first-order valence-electron chi connectivity index (χ1n) is 7.98. The number of hydrogen-bond donors (Lipinski definition) is 1. The fourth-order valence-corrected chi connectivity index (χ4v) is 3.02. The molecule has 118 valence electrons. The molecule has 1 aromatic rings. The molecule has 21 heavy (non-hydrogen) atoms. The van der Waals surface area contributed by atoms with Crippen LogP contribution in [0.5, 0.6) is 0 Å². The van der Waals surface area contributed by atoms with Crippen LogP contribution in [0.4, 0.5) is 5.69 Å². The molecule has 1 aromatic carbocycles. The van der Waals surface area contributed by atoms with E-state index >= 15 is 0 Å². The number of anilines is 1. The number of nitrogens with two attached hydrogens (primary N) is 1. The molecule has 0 spiro atoms. The highest BCUT2D eigenvalue weighted by atomic mass is 16.5. The monoisotopic (exact) mass is 291 g/mol. The minimum Gasteiger partial charge on any atom is -0.378 e. The Morgan fingerprint density at radius 1 is 1.29 bits per heavy atom. The SMILES string of the molecule is CCN(CC1CCCO1)C(CN)c1ccc(N(C)C)cc1. The molecule has 1 heterocycles. The van der Waals surface area contributed by atoms with Crippen LogP contribution in [-0.4, -0.2) is 51.3 Å². The molecule has 2 atom stereocenters. The van der Waals surface area contributed by atoms with Gasteiger partial charge in [-0.3, -0.25) is 4.90 Å². The lowest BCUT2D eigenvalue weighted by molar-refractivity contribution is 0.0601. The molecule has 2 rings (SSSR count). The molecule has 2 unspecified atom stereocenters. The second-order valence-corrected chi connectivity index (χ2v) is 5.96. The lowest BCUT2D eigenvalue weighted by Crippen LogP contribution is -2.38. The fourth-order valence-electron chi connectivity index (χ4n) is 3.02. The van der Waals surface area contributed by atoms with Gasteiger partial charge in [-0.05, 0) is 37.1 Å². The van der Waals surface area contributed by atoms with Crippen LogP contribution in [0.1, 0.15) is 31.4 Å². The molecule has 2 N–H and O–H groups in total. The van der Waals surface area contributed by atoms with Gasteiger partial charge in [0.25, 0.3) is 0 Å². The van der Waals surface area contributed by atoms with Gasteiger partial charge in [-0.2, -0.15) is 0 Å². The molecule has 0 aromatic heterocycles. The molecular formula is C17H29N3O. The maximum atomic E-state index is 6.06. The van der Waals surface area contributed by atoms with Crippen LogP contribution in [0.25, 0.3) is 0 Å². The first-order valence-corrected chi connectivity index (χ1v) is 7.98. The first kappa shape index (κ1) is 16.3. The van der Waals surface area contributed by atoms with Gasteiger partial charge in [-0.25, -0.2) is 0 Å². The summed E-state index contributed by atoms with van der Waals surface area (Å²) in [5.74, 6) is 0. The highest BCUT2D eigenvalue weighted by Gasteiger charge is 2.24. The molecule has 1 aliphatic rings. The van der Waals surface area contributed by atoms with Gasteiger partial charge in [0.1, 0.15) is 0 Å². The van der Waals surface area contributed by atoms with Crippen molar-refractivity contribution in [3.8, 4) is 0 Å². The summed E-state index contributed by atoms with van der Waals surface area (Å²) in [7, 11) is 4.12. The van der Waals surface area contributed by atoms with Crippen molar-refractivity contribution < 1.29 is 4.74 Å². The zero-order chi connectivity index (χ0) is 15.2. The number of likely N-dealkylation sites (N-methyl/N-ethyl adjacent to an activating group) is 1. The Morgan fingerprint density at radius 3 is 2.48 bits per heavy atom. The summed E-state index contributed by atoms with van der Waals surface area (Å²) in [4.78, 5) is 4.56. The Bertz CT molecular complexity index is 413.